The summed E-state index contributed by atoms with van der Waals surface area (Å²) < 4.78 is 11.6. The molecular formula is C32H26O6Zn. The van der Waals surface area contributed by atoms with E-state index in [1.54, 1.807) is 12.1 Å². The van der Waals surface area contributed by atoms with Gasteiger partial charge in [-0.3, -0.25) is 0 Å². The van der Waals surface area contributed by atoms with E-state index in [4.69, 9.17) is 9.47 Å². The van der Waals surface area contributed by atoms with Gasteiger partial charge in [-0.2, -0.15) is 0 Å². The molecule has 2 heterocycles. The number of hydrogen-bond donors (Lipinski definition) is 0. The van der Waals surface area contributed by atoms with Gasteiger partial charge in [-0.15, -0.1) is 0 Å². The zero-order valence-corrected chi connectivity index (χ0v) is 24.9. The number of fused-ring (bicyclic) bond motifs is 4. The molecule has 0 saturated carbocycles. The van der Waals surface area contributed by atoms with Gasteiger partial charge in [0.25, 0.3) is 0 Å². The van der Waals surface area contributed by atoms with Crippen molar-refractivity contribution in [1.29, 1.82) is 0 Å². The van der Waals surface area contributed by atoms with Gasteiger partial charge in [-0.05, 0) is 59.4 Å². The Kier molecular flexibility index (Phi) is 8.52. The van der Waals surface area contributed by atoms with Crippen LogP contribution < -0.4 is 19.7 Å². The predicted octanol–water partition coefficient (Wildman–Crippen LogP) is 4.62. The Morgan fingerprint density at radius 3 is 1.36 bits per heavy atom. The van der Waals surface area contributed by atoms with Crippen LogP contribution in [0.15, 0.2) is 72.8 Å². The number of benzene rings is 4. The molecule has 0 radical (unpaired) electrons. The first-order valence-corrected chi connectivity index (χ1v) is 12.6. The molecule has 6 nitrogen and oxygen atoms in total. The predicted molar refractivity (Wildman–Crippen MR) is 139 cm³/mol. The van der Waals surface area contributed by atoms with Gasteiger partial charge in [0, 0.05) is 35.1 Å². The first-order valence-electron chi connectivity index (χ1n) is 12.6. The normalized spacial score (nSPS) is 11.9. The van der Waals surface area contributed by atoms with Crippen LogP contribution in [0.25, 0.3) is 0 Å². The molecule has 6 rings (SSSR count). The summed E-state index contributed by atoms with van der Waals surface area (Å²) in [5.41, 5.74) is 5.61. The average molecular weight is 572 g/mol. The van der Waals surface area contributed by atoms with Crippen LogP contribution in [0.3, 0.4) is 0 Å². The van der Waals surface area contributed by atoms with Crippen molar-refractivity contribution in [2.75, 3.05) is 0 Å². The number of carboxylic acids is 2. The molecule has 2 aliphatic heterocycles. The van der Waals surface area contributed by atoms with Crippen molar-refractivity contribution >= 4 is 11.9 Å². The number of ether oxygens (including phenoxy) is 2. The summed E-state index contributed by atoms with van der Waals surface area (Å²) in [6.45, 7) is 3.87. The Balaban J connectivity index is 0.000000176. The smallest absolute Gasteiger partial charge is 0.545 e. The molecule has 4 aromatic carbocycles. The summed E-state index contributed by atoms with van der Waals surface area (Å²) >= 11 is 0. The first kappa shape index (κ1) is 28.1. The number of para-hydroxylation sites is 2. The van der Waals surface area contributed by atoms with Crippen LogP contribution in [0.1, 0.15) is 67.9 Å². The van der Waals surface area contributed by atoms with Crippen LogP contribution in [0, 0.1) is 0 Å². The molecule has 7 heteroatoms. The second kappa shape index (κ2) is 11.8. The van der Waals surface area contributed by atoms with Crippen LogP contribution in [0.2, 0.25) is 0 Å². The Labute approximate surface area is 240 Å². The Bertz CT molecular complexity index is 1440. The fourth-order valence-corrected chi connectivity index (χ4v) is 5.11. The van der Waals surface area contributed by atoms with Crippen molar-refractivity contribution in [2.24, 2.45) is 0 Å². The number of aryl methyl sites for hydroxylation is 2. The fourth-order valence-electron chi connectivity index (χ4n) is 5.11. The van der Waals surface area contributed by atoms with Gasteiger partial charge in [-0.25, -0.2) is 0 Å². The zero-order valence-electron chi connectivity index (χ0n) is 21.9. The van der Waals surface area contributed by atoms with Crippen molar-refractivity contribution in [3.05, 3.63) is 117 Å². The SMILES string of the molecule is CCc1ccc2c(c1C(=O)[O-])Cc1ccccc1O2.CCc1ccc2c(c1C(=O)[O-])Cc1ccccc1O2.[Zn+2]. The molecule has 39 heavy (non-hydrogen) atoms. The van der Waals surface area contributed by atoms with Crippen LogP contribution >= 0.6 is 0 Å². The molecule has 0 N–H and O–H groups in total. The molecule has 0 spiro atoms. The minimum atomic E-state index is -1.13. The molecule has 0 amide bonds. The molecule has 0 bridgehead atoms. The molecule has 0 aliphatic carbocycles. The van der Waals surface area contributed by atoms with Crippen molar-refractivity contribution in [2.45, 2.75) is 39.5 Å². The third kappa shape index (κ3) is 5.46. The van der Waals surface area contributed by atoms with Crippen molar-refractivity contribution < 1.29 is 48.8 Å². The summed E-state index contributed by atoms with van der Waals surface area (Å²) in [6.07, 6.45) is 2.47. The Morgan fingerprint density at radius 1 is 0.615 bits per heavy atom. The van der Waals surface area contributed by atoms with Gasteiger partial charge in [0.1, 0.15) is 23.0 Å². The first-order chi connectivity index (χ1) is 18.4. The second-order valence-corrected chi connectivity index (χ2v) is 9.21. The maximum absolute atomic E-state index is 11.4. The molecule has 4 aromatic rings. The van der Waals surface area contributed by atoms with E-state index in [1.807, 2.05) is 74.5 Å². The molecule has 0 atom stereocenters. The maximum atomic E-state index is 11.4. The van der Waals surface area contributed by atoms with Crippen LogP contribution in [0.4, 0.5) is 0 Å². The summed E-state index contributed by atoms with van der Waals surface area (Å²) in [4.78, 5) is 22.8. The van der Waals surface area contributed by atoms with Gasteiger partial charge in [-0.1, -0.05) is 62.4 Å². The van der Waals surface area contributed by atoms with E-state index >= 15 is 0 Å². The van der Waals surface area contributed by atoms with Crippen LogP contribution in [0.5, 0.6) is 23.0 Å². The number of hydrogen-bond acceptors (Lipinski definition) is 6. The summed E-state index contributed by atoms with van der Waals surface area (Å²) in [6, 6.07) is 22.7. The number of aromatic carboxylic acids is 2. The Hall–Kier alpha value is -3.96. The van der Waals surface area contributed by atoms with E-state index < -0.39 is 11.9 Å². The average Bonchev–Trinajstić information content (AvgIpc) is 2.93. The van der Waals surface area contributed by atoms with E-state index in [0.717, 1.165) is 44.9 Å². The summed E-state index contributed by atoms with van der Waals surface area (Å²) in [5.74, 6) is 0.575. The zero-order chi connectivity index (χ0) is 26.8. The topological polar surface area (TPSA) is 98.7 Å². The maximum Gasteiger partial charge on any atom is 2.00 e. The third-order valence-electron chi connectivity index (χ3n) is 7.00. The van der Waals surface area contributed by atoms with E-state index in [9.17, 15) is 19.8 Å². The van der Waals surface area contributed by atoms with Crippen molar-refractivity contribution in [1.82, 2.24) is 0 Å². The fraction of sp³-hybridized carbons (Fsp3) is 0.188. The molecular weight excluding hydrogens is 546 g/mol. The minimum Gasteiger partial charge on any atom is -0.545 e. The van der Waals surface area contributed by atoms with E-state index in [0.29, 0.717) is 37.2 Å². The number of carboxylic acid groups (broad SMARTS) is 2. The molecule has 192 valence electrons. The number of rotatable bonds is 4. The Morgan fingerprint density at radius 2 is 1.00 bits per heavy atom. The van der Waals surface area contributed by atoms with Crippen molar-refractivity contribution in [3.63, 3.8) is 0 Å². The third-order valence-corrected chi connectivity index (χ3v) is 7.00. The van der Waals surface area contributed by atoms with Crippen LogP contribution in [-0.4, -0.2) is 11.9 Å². The summed E-state index contributed by atoms with van der Waals surface area (Å²) in [5, 5.41) is 22.8. The second-order valence-electron chi connectivity index (χ2n) is 9.21. The number of carbonyl (C=O) groups is 2. The van der Waals surface area contributed by atoms with Gasteiger partial charge in [0.2, 0.25) is 0 Å². The van der Waals surface area contributed by atoms with E-state index in [1.165, 1.54) is 0 Å². The molecule has 2 aliphatic rings. The van der Waals surface area contributed by atoms with Crippen molar-refractivity contribution in [3.8, 4) is 23.0 Å². The van der Waals surface area contributed by atoms with Gasteiger partial charge in [0.05, 0.1) is 11.9 Å². The molecule has 0 unspecified atom stereocenters. The molecule has 0 fully saturated rings. The van der Waals surface area contributed by atoms with Gasteiger partial charge in [0.15, 0.2) is 0 Å². The largest absolute Gasteiger partial charge is 2.00 e. The van der Waals surface area contributed by atoms with E-state index in [2.05, 4.69) is 0 Å². The summed E-state index contributed by atoms with van der Waals surface area (Å²) in [7, 11) is 0. The molecule has 0 aromatic heterocycles. The number of carbonyl (C=O) groups excluding carboxylic acids is 2. The van der Waals surface area contributed by atoms with Gasteiger partial charge >= 0.3 is 19.5 Å². The molecule has 0 saturated heterocycles. The quantitative estimate of drug-likeness (QED) is 0.287. The minimum absolute atomic E-state index is 0. The van der Waals surface area contributed by atoms with Crippen LogP contribution in [-0.2, 0) is 45.2 Å². The van der Waals surface area contributed by atoms with Gasteiger partial charge < -0.3 is 29.3 Å². The van der Waals surface area contributed by atoms with E-state index in [-0.39, 0.29) is 30.6 Å². The standard InChI is InChI=1S/2C16H14O3.Zn/c2*1-2-10-7-8-14-12(15(10)16(17)18)9-11-5-3-4-6-13(11)19-14;/h2*3-8H,2,9H2,1H3,(H,17,18);/q;;+2/p-2. The monoisotopic (exact) mass is 570 g/mol.